The molecule has 2 rings (SSSR count). The Morgan fingerprint density at radius 1 is 1.17 bits per heavy atom. The number of aliphatic carboxylic acids is 1. The van der Waals surface area contributed by atoms with Crippen LogP contribution in [-0.4, -0.2) is 61.1 Å². The average molecular weight is 408 g/mol. The molecule has 0 radical (unpaired) electrons. The maximum atomic E-state index is 12.3. The Balaban J connectivity index is 1.79. The molecule has 1 saturated carbocycles. The van der Waals surface area contributed by atoms with E-state index in [9.17, 15) is 14.7 Å². The molecule has 1 unspecified atom stereocenters. The van der Waals surface area contributed by atoms with E-state index in [1.54, 1.807) is 11.8 Å². The highest BCUT2D eigenvalue weighted by Gasteiger charge is 2.27. The van der Waals surface area contributed by atoms with Gasteiger partial charge in [0.15, 0.2) is 6.10 Å². The van der Waals surface area contributed by atoms with Crippen LogP contribution in [0, 0.1) is 5.92 Å². The third-order valence-corrected chi connectivity index (χ3v) is 4.77. The van der Waals surface area contributed by atoms with E-state index < -0.39 is 12.1 Å². The summed E-state index contributed by atoms with van der Waals surface area (Å²) in [5.41, 5.74) is 0.869. The van der Waals surface area contributed by atoms with Gasteiger partial charge in [-0.2, -0.15) is 0 Å². The van der Waals surface area contributed by atoms with Gasteiger partial charge in [-0.1, -0.05) is 25.5 Å². The van der Waals surface area contributed by atoms with Crippen LogP contribution in [0.3, 0.4) is 0 Å². The van der Waals surface area contributed by atoms with Crippen molar-refractivity contribution >= 4 is 12.1 Å². The molecular formula is C22H33NO6. The Hall–Kier alpha value is -2.28. The van der Waals surface area contributed by atoms with E-state index >= 15 is 0 Å². The molecule has 1 fully saturated rings. The second-order valence-electron chi connectivity index (χ2n) is 7.34. The molecule has 1 N–H and O–H groups in total. The lowest BCUT2D eigenvalue weighted by Crippen LogP contribution is -2.36. The maximum absolute atomic E-state index is 12.3. The standard InChI is InChI=1S/C22H33NO6/c1-3-5-13-29-22(26)23(16-18-6-7-18)12-14-28-19-10-8-17(9-11-19)15-20(21(24)25)27-4-2/h8-11,18,20H,3-7,12-16H2,1-2H3,(H,24,25). The van der Waals surface area contributed by atoms with Crippen molar-refractivity contribution in [2.24, 2.45) is 5.92 Å². The second-order valence-corrected chi connectivity index (χ2v) is 7.34. The summed E-state index contributed by atoms with van der Waals surface area (Å²) < 4.78 is 16.4. The molecule has 0 bridgehead atoms. The number of rotatable bonds is 14. The van der Waals surface area contributed by atoms with Crippen molar-refractivity contribution in [2.45, 2.75) is 52.1 Å². The minimum atomic E-state index is -0.964. The van der Waals surface area contributed by atoms with Crippen LogP contribution in [0.25, 0.3) is 0 Å². The van der Waals surface area contributed by atoms with E-state index in [4.69, 9.17) is 14.2 Å². The van der Waals surface area contributed by atoms with Crippen LogP contribution >= 0.6 is 0 Å². The van der Waals surface area contributed by atoms with E-state index in [1.807, 2.05) is 24.3 Å². The first kappa shape index (κ1) is 23.0. The number of unbranched alkanes of at least 4 members (excludes halogenated alkanes) is 1. The molecule has 1 aliphatic carbocycles. The summed E-state index contributed by atoms with van der Waals surface area (Å²) in [4.78, 5) is 25.2. The number of amides is 1. The molecule has 7 heteroatoms. The van der Waals surface area contributed by atoms with Crippen molar-refractivity contribution in [3.05, 3.63) is 29.8 Å². The number of carboxylic acids is 1. The van der Waals surface area contributed by atoms with Crippen molar-refractivity contribution in [1.82, 2.24) is 4.90 Å². The van der Waals surface area contributed by atoms with Crippen LogP contribution < -0.4 is 4.74 Å². The first-order valence-corrected chi connectivity index (χ1v) is 10.5. The minimum Gasteiger partial charge on any atom is -0.492 e. The molecule has 1 amide bonds. The van der Waals surface area contributed by atoms with E-state index in [-0.39, 0.29) is 6.09 Å². The fourth-order valence-electron chi connectivity index (χ4n) is 2.89. The van der Waals surface area contributed by atoms with Gasteiger partial charge in [0.1, 0.15) is 12.4 Å². The molecule has 0 aromatic heterocycles. The molecule has 0 heterocycles. The van der Waals surface area contributed by atoms with Gasteiger partial charge in [0.05, 0.1) is 13.2 Å². The highest BCUT2D eigenvalue weighted by Crippen LogP contribution is 2.29. The highest BCUT2D eigenvalue weighted by molar-refractivity contribution is 5.72. The van der Waals surface area contributed by atoms with Crippen molar-refractivity contribution < 1.29 is 28.9 Å². The molecule has 0 aliphatic heterocycles. The van der Waals surface area contributed by atoms with Crippen molar-refractivity contribution in [3.8, 4) is 5.75 Å². The molecule has 7 nitrogen and oxygen atoms in total. The van der Waals surface area contributed by atoms with Gasteiger partial charge in [0, 0.05) is 19.6 Å². The Bertz CT molecular complexity index is 629. The van der Waals surface area contributed by atoms with Gasteiger partial charge in [0.2, 0.25) is 0 Å². The van der Waals surface area contributed by atoms with Crippen LogP contribution in [-0.2, 0) is 20.7 Å². The van der Waals surface area contributed by atoms with Crippen LogP contribution in [0.15, 0.2) is 24.3 Å². The molecule has 0 spiro atoms. The van der Waals surface area contributed by atoms with E-state index in [0.717, 1.165) is 24.9 Å². The number of benzene rings is 1. The summed E-state index contributed by atoms with van der Waals surface area (Å²) in [5, 5.41) is 9.18. The third-order valence-electron chi connectivity index (χ3n) is 4.77. The molecule has 0 saturated heterocycles. The number of hydrogen-bond donors (Lipinski definition) is 1. The zero-order valence-electron chi connectivity index (χ0n) is 17.5. The predicted molar refractivity (Wildman–Crippen MR) is 109 cm³/mol. The zero-order chi connectivity index (χ0) is 21.1. The summed E-state index contributed by atoms with van der Waals surface area (Å²) in [6.45, 7) is 6.24. The van der Waals surface area contributed by atoms with Crippen molar-refractivity contribution in [1.29, 1.82) is 0 Å². The van der Waals surface area contributed by atoms with Gasteiger partial charge in [-0.25, -0.2) is 9.59 Å². The lowest BCUT2D eigenvalue weighted by Gasteiger charge is -2.22. The van der Waals surface area contributed by atoms with Gasteiger partial charge >= 0.3 is 12.1 Å². The topological polar surface area (TPSA) is 85.3 Å². The second kappa shape index (κ2) is 12.3. The quantitative estimate of drug-likeness (QED) is 0.473. The number of carbonyl (C=O) groups is 2. The maximum Gasteiger partial charge on any atom is 0.409 e. The lowest BCUT2D eigenvalue weighted by molar-refractivity contribution is -0.149. The smallest absolute Gasteiger partial charge is 0.409 e. The molecule has 1 aromatic rings. The summed E-state index contributed by atoms with van der Waals surface area (Å²) in [5.74, 6) is 0.303. The van der Waals surface area contributed by atoms with Gasteiger partial charge in [-0.15, -0.1) is 0 Å². The molecule has 1 aliphatic rings. The number of ether oxygens (including phenoxy) is 3. The summed E-state index contributed by atoms with van der Waals surface area (Å²) in [6.07, 6.45) is 3.40. The number of carbonyl (C=O) groups excluding carboxylic acids is 1. The molecular weight excluding hydrogens is 374 g/mol. The Morgan fingerprint density at radius 3 is 2.48 bits per heavy atom. The SMILES string of the molecule is CCCCOC(=O)N(CCOc1ccc(CC(OCC)C(=O)O)cc1)CC1CC1. The number of nitrogens with zero attached hydrogens (tertiary/aromatic N) is 1. The largest absolute Gasteiger partial charge is 0.492 e. The van der Waals surface area contributed by atoms with Crippen LogP contribution in [0.5, 0.6) is 5.75 Å². The van der Waals surface area contributed by atoms with Gasteiger partial charge < -0.3 is 24.2 Å². The Kier molecular flexibility index (Phi) is 9.77. The fraction of sp³-hybridized carbons (Fsp3) is 0.636. The Labute approximate surface area is 172 Å². The molecule has 1 aromatic carbocycles. The molecule has 162 valence electrons. The minimum absolute atomic E-state index is 0.264. The number of carboxylic acid groups (broad SMARTS) is 1. The van der Waals surface area contributed by atoms with Crippen molar-refractivity contribution in [2.75, 3.05) is 32.9 Å². The summed E-state index contributed by atoms with van der Waals surface area (Å²) >= 11 is 0. The van der Waals surface area contributed by atoms with Crippen LogP contribution in [0.1, 0.15) is 45.1 Å². The first-order chi connectivity index (χ1) is 14.0. The highest BCUT2D eigenvalue weighted by atomic mass is 16.6. The van der Waals surface area contributed by atoms with Gasteiger partial charge in [-0.3, -0.25) is 0 Å². The third kappa shape index (κ3) is 8.73. The van der Waals surface area contributed by atoms with E-state index in [2.05, 4.69) is 6.92 Å². The van der Waals surface area contributed by atoms with E-state index in [0.29, 0.717) is 44.5 Å². The van der Waals surface area contributed by atoms with Gasteiger partial charge in [-0.05, 0) is 49.8 Å². The fourth-order valence-corrected chi connectivity index (χ4v) is 2.89. The zero-order valence-corrected chi connectivity index (χ0v) is 17.5. The predicted octanol–water partition coefficient (Wildman–Crippen LogP) is 3.75. The summed E-state index contributed by atoms with van der Waals surface area (Å²) in [6, 6.07) is 7.30. The first-order valence-electron chi connectivity index (χ1n) is 10.5. The molecule has 1 atom stereocenters. The lowest BCUT2D eigenvalue weighted by atomic mass is 10.1. The summed E-state index contributed by atoms with van der Waals surface area (Å²) in [7, 11) is 0. The Morgan fingerprint density at radius 2 is 1.90 bits per heavy atom. The monoisotopic (exact) mass is 407 g/mol. The normalized spacial score (nSPS) is 14.3. The van der Waals surface area contributed by atoms with E-state index in [1.165, 1.54) is 12.8 Å². The average Bonchev–Trinajstić information content (AvgIpc) is 3.52. The number of hydrogen-bond acceptors (Lipinski definition) is 5. The molecule has 29 heavy (non-hydrogen) atoms. The van der Waals surface area contributed by atoms with Crippen LogP contribution in [0.4, 0.5) is 4.79 Å². The van der Waals surface area contributed by atoms with Crippen molar-refractivity contribution in [3.63, 3.8) is 0 Å². The van der Waals surface area contributed by atoms with Crippen LogP contribution in [0.2, 0.25) is 0 Å². The van der Waals surface area contributed by atoms with Gasteiger partial charge in [0.25, 0.3) is 0 Å².